The molecule has 1 fully saturated rings. The molecular weight excluding hydrogens is 252 g/mol. The SMILES string of the molecule is CCCC[C@@H]1C[C@@H](OC)O[Si]1(C(C)(C)C)C(C)(C)C. The van der Waals surface area contributed by atoms with Crippen molar-refractivity contribution in [3.63, 3.8) is 0 Å². The zero-order valence-electron chi connectivity index (χ0n) is 14.3. The van der Waals surface area contributed by atoms with Crippen LogP contribution >= 0.6 is 0 Å². The smallest absolute Gasteiger partial charge is 0.210 e. The Balaban J connectivity index is 3.17. The quantitative estimate of drug-likeness (QED) is 0.637. The van der Waals surface area contributed by atoms with Crippen LogP contribution in [0, 0.1) is 0 Å². The second-order valence-electron chi connectivity index (χ2n) is 8.09. The lowest BCUT2D eigenvalue weighted by molar-refractivity contribution is -0.0499. The van der Waals surface area contributed by atoms with Crippen molar-refractivity contribution >= 4 is 8.32 Å². The number of ether oxygens (including phenoxy) is 1. The topological polar surface area (TPSA) is 18.5 Å². The Morgan fingerprint density at radius 3 is 2.00 bits per heavy atom. The number of methoxy groups -OCH3 is 1. The highest BCUT2D eigenvalue weighted by atomic mass is 28.4. The summed E-state index contributed by atoms with van der Waals surface area (Å²) in [5, 5.41) is 0.494. The molecule has 0 spiro atoms. The predicted molar refractivity (Wildman–Crippen MR) is 85.0 cm³/mol. The van der Waals surface area contributed by atoms with Gasteiger partial charge in [0.05, 0.1) is 0 Å². The highest BCUT2D eigenvalue weighted by Crippen LogP contribution is 2.63. The van der Waals surface area contributed by atoms with Gasteiger partial charge in [-0.1, -0.05) is 67.7 Å². The van der Waals surface area contributed by atoms with Crippen molar-refractivity contribution in [3.8, 4) is 0 Å². The molecule has 0 saturated carbocycles. The summed E-state index contributed by atoms with van der Waals surface area (Å²) in [5.74, 6) is 0. The van der Waals surface area contributed by atoms with Crippen LogP contribution in [0.4, 0.5) is 0 Å². The van der Waals surface area contributed by atoms with E-state index in [-0.39, 0.29) is 16.4 Å². The predicted octanol–water partition coefficient (Wildman–Crippen LogP) is 5.49. The van der Waals surface area contributed by atoms with Crippen molar-refractivity contribution in [1.82, 2.24) is 0 Å². The van der Waals surface area contributed by atoms with Gasteiger partial charge >= 0.3 is 0 Å². The van der Waals surface area contributed by atoms with Crippen LogP contribution in [0.2, 0.25) is 15.6 Å². The molecule has 0 radical (unpaired) electrons. The van der Waals surface area contributed by atoms with Crippen LogP contribution in [0.15, 0.2) is 0 Å². The van der Waals surface area contributed by atoms with Gasteiger partial charge in [0.25, 0.3) is 0 Å². The molecule has 0 bridgehead atoms. The molecule has 0 aromatic carbocycles. The first-order valence-electron chi connectivity index (χ1n) is 7.80. The van der Waals surface area contributed by atoms with Gasteiger partial charge < -0.3 is 9.16 Å². The maximum atomic E-state index is 6.65. The Morgan fingerprint density at radius 2 is 1.63 bits per heavy atom. The highest BCUT2D eigenvalue weighted by Gasteiger charge is 2.64. The van der Waals surface area contributed by atoms with Crippen molar-refractivity contribution in [3.05, 3.63) is 0 Å². The molecule has 114 valence electrons. The fraction of sp³-hybridized carbons (Fsp3) is 1.00. The van der Waals surface area contributed by atoms with Gasteiger partial charge in [-0.15, -0.1) is 0 Å². The highest BCUT2D eigenvalue weighted by molar-refractivity contribution is 6.81. The fourth-order valence-corrected chi connectivity index (χ4v) is 11.7. The standard InChI is InChI=1S/C16H34O2Si/c1-9-10-11-13-12-14(17-8)18-19(13,15(2,3)4)16(5,6)7/h13-14H,9-12H2,1-8H3/t13-,14+/m1/s1. The van der Waals surface area contributed by atoms with Gasteiger partial charge in [0.1, 0.15) is 6.29 Å². The van der Waals surface area contributed by atoms with Gasteiger partial charge in [0, 0.05) is 13.5 Å². The normalized spacial score (nSPS) is 27.8. The van der Waals surface area contributed by atoms with E-state index in [0.29, 0.717) is 0 Å². The second kappa shape index (κ2) is 5.86. The summed E-state index contributed by atoms with van der Waals surface area (Å²) in [6.45, 7) is 16.5. The molecule has 1 aliphatic rings. The first kappa shape index (κ1) is 17.2. The first-order valence-corrected chi connectivity index (χ1v) is 9.79. The largest absolute Gasteiger partial charge is 0.391 e. The van der Waals surface area contributed by atoms with E-state index in [1.165, 1.54) is 19.3 Å². The van der Waals surface area contributed by atoms with Crippen LogP contribution in [0.3, 0.4) is 0 Å². The van der Waals surface area contributed by atoms with E-state index in [1.807, 2.05) is 0 Å². The Bertz CT molecular complexity index is 274. The van der Waals surface area contributed by atoms with E-state index < -0.39 is 8.32 Å². The van der Waals surface area contributed by atoms with Crippen LogP contribution in [0.25, 0.3) is 0 Å². The molecule has 0 unspecified atom stereocenters. The molecule has 1 rings (SSSR count). The summed E-state index contributed by atoms with van der Waals surface area (Å²) in [6.07, 6.45) is 5.00. The van der Waals surface area contributed by atoms with Crippen LogP contribution < -0.4 is 0 Å². The van der Waals surface area contributed by atoms with Gasteiger partial charge in [0.15, 0.2) is 0 Å². The molecule has 0 aliphatic carbocycles. The second-order valence-corrected chi connectivity index (χ2v) is 13.6. The molecular formula is C16H34O2Si. The summed E-state index contributed by atoms with van der Waals surface area (Å²) in [7, 11) is -0.122. The van der Waals surface area contributed by atoms with Crippen LogP contribution in [-0.2, 0) is 9.16 Å². The molecule has 1 aliphatic heterocycles. The number of hydrogen-bond donors (Lipinski definition) is 0. The average molecular weight is 287 g/mol. The zero-order chi connectivity index (χ0) is 14.9. The molecule has 3 heteroatoms. The van der Waals surface area contributed by atoms with Gasteiger partial charge in [0.2, 0.25) is 8.32 Å². The third kappa shape index (κ3) is 3.08. The van der Waals surface area contributed by atoms with Crippen LogP contribution in [0.1, 0.15) is 74.1 Å². The average Bonchev–Trinajstić information content (AvgIpc) is 2.64. The lowest BCUT2D eigenvalue weighted by Gasteiger charge is -2.51. The first-order chi connectivity index (χ1) is 8.60. The molecule has 2 atom stereocenters. The van der Waals surface area contributed by atoms with Crippen molar-refractivity contribution in [1.29, 1.82) is 0 Å². The third-order valence-corrected chi connectivity index (χ3v) is 11.5. The molecule has 0 N–H and O–H groups in total. The molecule has 19 heavy (non-hydrogen) atoms. The van der Waals surface area contributed by atoms with Gasteiger partial charge in [-0.2, -0.15) is 0 Å². The summed E-state index contributed by atoms with van der Waals surface area (Å²) in [5.41, 5.74) is 0.720. The van der Waals surface area contributed by atoms with Crippen molar-refractivity contribution in [2.75, 3.05) is 7.11 Å². The summed E-state index contributed by atoms with van der Waals surface area (Å²) >= 11 is 0. The van der Waals surface area contributed by atoms with Crippen molar-refractivity contribution < 1.29 is 9.16 Å². The molecule has 1 saturated heterocycles. The minimum absolute atomic E-state index is 0.0203. The van der Waals surface area contributed by atoms with E-state index in [1.54, 1.807) is 7.11 Å². The van der Waals surface area contributed by atoms with E-state index >= 15 is 0 Å². The molecule has 2 nitrogen and oxygen atoms in total. The van der Waals surface area contributed by atoms with E-state index in [4.69, 9.17) is 9.16 Å². The molecule has 0 aromatic heterocycles. The Morgan fingerprint density at radius 1 is 1.11 bits per heavy atom. The Hall–Kier alpha value is 0.137. The van der Waals surface area contributed by atoms with Crippen LogP contribution in [-0.4, -0.2) is 21.7 Å². The van der Waals surface area contributed by atoms with Crippen molar-refractivity contribution in [2.24, 2.45) is 0 Å². The minimum atomic E-state index is -1.91. The van der Waals surface area contributed by atoms with E-state index in [2.05, 4.69) is 48.5 Å². The van der Waals surface area contributed by atoms with Gasteiger partial charge in [-0.3, -0.25) is 0 Å². The number of unbranched alkanes of at least 4 members (excludes halogenated alkanes) is 1. The summed E-state index contributed by atoms with van der Waals surface area (Å²) < 4.78 is 12.2. The monoisotopic (exact) mass is 286 g/mol. The summed E-state index contributed by atoms with van der Waals surface area (Å²) in [4.78, 5) is 0. The lowest BCUT2D eigenvalue weighted by Crippen LogP contribution is -2.55. The molecule has 1 heterocycles. The number of rotatable bonds is 4. The van der Waals surface area contributed by atoms with Crippen molar-refractivity contribution in [2.45, 2.75) is 96.1 Å². The zero-order valence-corrected chi connectivity index (χ0v) is 15.3. The van der Waals surface area contributed by atoms with E-state index in [9.17, 15) is 0 Å². The maximum absolute atomic E-state index is 6.65. The summed E-state index contributed by atoms with van der Waals surface area (Å²) in [6, 6.07) is 0. The lowest BCUT2D eigenvalue weighted by atomic mass is 10.1. The number of hydrogen-bond acceptors (Lipinski definition) is 2. The third-order valence-electron chi connectivity index (χ3n) is 4.77. The van der Waals surface area contributed by atoms with Gasteiger partial charge in [-0.05, 0) is 15.6 Å². The minimum Gasteiger partial charge on any atom is -0.391 e. The Labute approximate surface area is 121 Å². The van der Waals surface area contributed by atoms with Gasteiger partial charge in [-0.25, -0.2) is 0 Å². The van der Waals surface area contributed by atoms with Crippen LogP contribution in [0.5, 0.6) is 0 Å². The van der Waals surface area contributed by atoms with E-state index in [0.717, 1.165) is 12.0 Å². The fourth-order valence-electron chi connectivity index (χ4n) is 4.37. The maximum Gasteiger partial charge on any atom is 0.210 e. The molecule has 0 amide bonds. The molecule has 0 aromatic rings. The Kier molecular flexibility index (Phi) is 5.31.